The molecule has 0 aliphatic carbocycles. The van der Waals surface area contributed by atoms with Gasteiger partial charge in [0.2, 0.25) is 5.91 Å². The smallest absolute Gasteiger partial charge is 0.219 e. The van der Waals surface area contributed by atoms with Gasteiger partial charge in [-0.25, -0.2) is 0 Å². The van der Waals surface area contributed by atoms with Crippen molar-refractivity contribution in [3.63, 3.8) is 0 Å². The number of nitrogens with one attached hydrogen (secondary N) is 1. The Balaban J connectivity index is 0.00000312. The number of carbonyl (C=O) groups excluding carboxylic acids is 1. The molecule has 1 atom stereocenters. The lowest BCUT2D eigenvalue weighted by Gasteiger charge is -2.34. The second-order valence-electron chi connectivity index (χ2n) is 7.42. The minimum absolute atomic E-state index is 0. The highest BCUT2D eigenvalue weighted by molar-refractivity contribution is 14.0. The zero-order valence-corrected chi connectivity index (χ0v) is 18.7. The zero-order valence-electron chi connectivity index (χ0n) is 16.4. The maximum Gasteiger partial charge on any atom is 0.219 e. The first-order chi connectivity index (χ1) is 11.5. The first-order valence-corrected chi connectivity index (χ1v) is 9.48. The minimum atomic E-state index is 0. The summed E-state index contributed by atoms with van der Waals surface area (Å²) in [6.45, 7) is 17.0. The molecule has 2 saturated heterocycles. The molecule has 2 fully saturated rings. The number of rotatable bonds is 5. The van der Waals surface area contributed by atoms with Crippen LogP contribution in [0.3, 0.4) is 0 Å². The number of likely N-dealkylation sites (tertiary alicyclic amines) is 1. The van der Waals surface area contributed by atoms with Crippen molar-refractivity contribution in [3.05, 3.63) is 0 Å². The molecule has 0 saturated carbocycles. The summed E-state index contributed by atoms with van der Waals surface area (Å²) in [7, 11) is 0. The largest absolute Gasteiger partial charge is 0.357 e. The standard InChI is InChI=1S/C18H35N5O.HI/c1-5-18(4)7-9-23(15-18)17(19-6-2)20-8-10-21-11-13-22(14-12-21)16(3)24;/h5-15H2,1-4H3,(H,19,20);1H. The first kappa shape index (κ1) is 22.5. The molecule has 0 aromatic carbocycles. The molecule has 2 heterocycles. The van der Waals surface area contributed by atoms with Gasteiger partial charge >= 0.3 is 0 Å². The van der Waals surface area contributed by atoms with Gasteiger partial charge in [-0.05, 0) is 25.2 Å². The summed E-state index contributed by atoms with van der Waals surface area (Å²) in [5, 5.41) is 3.45. The summed E-state index contributed by atoms with van der Waals surface area (Å²) in [4.78, 5) is 23.0. The molecule has 2 aliphatic heterocycles. The van der Waals surface area contributed by atoms with E-state index < -0.39 is 0 Å². The highest BCUT2D eigenvalue weighted by Crippen LogP contribution is 2.32. The topological polar surface area (TPSA) is 51.2 Å². The highest BCUT2D eigenvalue weighted by Gasteiger charge is 2.33. The van der Waals surface area contributed by atoms with Crippen molar-refractivity contribution >= 4 is 35.8 Å². The maximum absolute atomic E-state index is 11.4. The average Bonchev–Trinajstić information content (AvgIpc) is 2.97. The van der Waals surface area contributed by atoms with E-state index in [0.717, 1.165) is 64.9 Å². The molecule has 25 heavy (non-hydrogen) atoms. The molecule has 0 aromatic rings. The Morgan fingerprint density at radius 3 is 2.32 bits per heavy atom. The van der Waals surface area contributed by atoms with Crippen molar-refractivity contribution in [1.82, 2.24) is 20.0 Å². The molecule has 0 radical (unpaired) electrons. The normalized spacial score (nSPS) is 25.0. The van der Waals surface area contributed by atoms with Crippen LogP contribution >= 0.6 is 24.0 Å². The molecule has 1 amide bonds. The Labute approximate surface area is 170 Å². The molecule has 2 rings (SSSR count). The van der Waals surface area contributed by atoms with E-state index in [1.54, 1.807) is 6.92 Å². The van der Waals surface area contributed by atoms with Crippen LogP contribution in [-0.4, -0.2) is 85.5 Å². The molecule has 6 nitrogen and oxygen atoms in total. The molecule has 7 heteroatoms. The van der Waals surface area contributed by atoms with E-state index in [2.05, 4.69) is 35.9 Å². The molecular weight excluding hydrogens is 429 g/mol. The number of piperazine rings is 1. The van der Waals surface area contributed by atoms with Crippen LogP contribution in [-0.2, 0) is 4.79 Å². The summed E-state index contributed by atoms with van der Waals surface area (Å²) in [6, 6.07) is 0. The van der Waals surface area contributed by atoms with Crippen LogP contribution in [0.15, 0.2) is 4.99 Å². The Hall–Kier alpha value is -0.570. The number of hydrogen-bond donors (Lipinski definition) is 1. The van der Waals surface area contributed by atoms with Crippen molar-refractivity contribution in [1.29, 1.82) is 0 Å². The molecule has 146 valence electrons. The Morgan fingerprint density at radius 1 is 1.12 bits per heavy atom. The minimum Gasteiger partial charge on any atom is -0.357 e. The van der Waals surface area contributed by atoms with Crippen LogP contribution in [0.5, 0.6) is 0 Å². The predicted molar refractivity (Wildman–Crippen MR) is 115 cm³/mol. The molecule has 1 unspecified atom stereocenters. The fourth-order valence-electron chi connectivity index (χ4n) is 3.50. The van der Waals surface area contributed by atoms with Crippen LogP contribution in [0.2, 0.25) is 0 Å². The zero-order chi connectivity index (χ0) is 17.6. The van der Waals surface area contributed by atoms with Crippen molar-refractivity contribution < 1.29 is 4.79 Å². The van der Waals surface area contributed by atoms with Crippen molar-refractivity contribution in [2.45, 2.75) is 40.5 Å². The lowest BCUT2D eigenvalue weighted by Crippen LogP contribution is -2.48. The Kier molecular flexibility index (Phi) is 9.48. The number of amides is 1. The maximum atomic E-state index is 11.4. The number of guanidine groups is 1. The SMILES string of the molecule is CCNC(=NCCN1CCN(C(C)=O)CC1)N1CCC(C)(CC)C1.I. The van der Waals surface area contributed by atoms with E-state index in [1.807, 2.05) is 4.90 Å². The molecule has 0 aromatic heterocycles. The molecular formula is C18H36IN5O. The third-order valence-corrected chi connectivity index (χ3v) is 5.54. The Morgan fingerprint density at radius 2 is 1.80 bits per heavy atom. The summed E-state index contributed by atoms with van der Waals surface area (Å²) in [5.74, 6) is 1.26. The van der Waals surface area contributed by atoms with Crippen molar-refractivity contribution in [2.24, 2.45) is 10.4 Å². The van der Waals surface area contributed by atoms with Crippen molar-refractivity contribution in [2.75, 3.05) is 58.9 Å². The van der Waals surface area contributed by atoms with Gasteiger partial charge in [-0.3, -0.25) is 14.7 Å². The van der Waals surface area contributed by atoms with Gasteiger partial charge < -0.3 is 15.1 Å². The number of carbonyl (C=O) groups is 1. The highest BCUT2D eigenvalue weighted by atomic mass is 127. The lowest BCUT2D eigenvalue weighted by molar-refractivity contribution is -0.130. The van der Waals surface area contributed by atoms with Crippen LogP contribution in [0.4, 0.5) is 0 Å². The van der Waals surface area contributed by atoms with Gasteiger partial charge in [0.15, 0.2) is 5.96 Å². The fourth-order valence-corrected chi connectivity index (χ4v) is 3.50. The average molecular weight is 465 g/mol. The van der Waals surface area contributed by atoms with E-state index in [1.165, 1.54) is 12.8 Å². The lowest BCUT2D eigenvalue weighted by atomic mass is 9.87. The van der Waals surface area contributed by atoms with Gasteiger partial charge in [-0.2, -0.15) is 0 Å². The number of halogens is 1. The van der Waals surface area contributed by atoms with Crippen LogP contribution in [0.1, 0.15) is 40.5 Å². The molecule has 0 bridgehead atoms. The van der Waals surface area contributed by atoms with E-state index in [4.69, 9.17) is 4.99 Å². The molecule has 1 N–H and O–H groups in total. The monoisotopic (exact) mass is 465 g/mol. The molecule has 2 aliphatic rings. The first-order valence-electron chi connectivity index (χ1n) is 9.48. The number of nitrogens with zero attached hydrogens (tertiary/aromatic N) is 4. The van der Waals surface area contributed by atoms with Crippen molar-refractivity contribution in [3.8, 4) is 0 Å². The van der Waals surface area contributed by atoms with E-state index in [9.17, 15) is 4.79 Å². The predicted octanol–water partition coefficient (Wildman–Crippen LogP) is 1.86. The fraction of sp³-hybridized carbons (Fsp3) is 0.889. The number of aliphatic imine (C=N–C) groups is 1. The van der Waals surface area contributed by atoms with Gasteiger partial charge in [-0.15, -0.1) is 24.0 Å². The summed E-state index contributed by atoms with van der Waals surface area (Å²) >= 11 is 0. The van der Waals surface area contributed by atoms with Gasteiger partial charge in [0.1, 0.15) is 0 Å². The van der Waals surface area contributed by atoms with Gasteiger partial charge in [0, 0.05) is 59.3 Å². The Bertz CT molecular complexity index is 451. The van der Waals surface area contributed by atoms with E-state index >= 15 is 0 Å². The summed E-state index contributed by atoms with van der Waals surface area (Å²) < 4.78 is 0. The van der Waals surface area contributed by atoms with E-state index in [-0.39, 0.29) is 29.9 Å². The summed E-state index contributed by atoms with van der Waals surface area (Å²) in [5.41, 5.74) is 0.430. The second kappa shape index (κ2) is 10.5. The van der Waals surface area contributed by atoms with Gasteiger partial charge in [0.25, 0.3) is 0 Å². The van der Waals surface area contributed by atoms with Gasteiger partial charge in [0.05, 0.1) is 6.54 Å². The van der Waals surface area contributed by atoms with Crippen LogP contribution < -0.4 is 5.32 Å². The summed E-state index contributed by atoms with van der Waals surface area (Å²) in [6.07, 6.45) is 2.48. The molecule has 0 spiro atoms. The quantitative estimate of drug-likeness (QED) is 0.383. The van der Waals surface area contributed by atoms with Crippen LogP contribution in [0, 0.1) is 5.41 Å². The van der Waals surface area contributed by atoms with Gasteiger partial charge in [-0.1, -0.05) is 13.8 Å². The third kappa shape index (κ3) is 6.58. The third-order valence-electron chi connectivity index (χ3n) is 5.54. The number of hydrogen-bond acceptors (Lipinski definition) is 3. The van der Waals surface area contributed by atoms with Crippen LogP contribution in [0.25, 0.3) is 0 Å². The van der Waals surface area contributed by atoms with E-state index in [0.29, 0.717) is 5.41 Å². The second-order valence-corrected chi connectivity index (χ2v) is 7.42.